The third kappa shape index (κ3) is 6.50. The number of benzene rings is 1. The minimum Gasteiger partial charge on any atom is -0.490 e. The van der Waals surface area contributed by atoms with Crippen LogP contribution in [0.15, 0.2) is 65.5 Å². The van der Waals surface area contributed by atoms with Gasteiger partial charge in [-0.15, -0.1) is 0 Å². The van der Waals surface area contributed by atoms with Crippen LogP contribution in [0.5, 0.6) is 5.75 Å². The maximum atomic E-state index is 13.4. The number of anilines is 2. The molecule has 1 aliphatic heterocycles. The fraction of sp³-hybridized carbons (Fsp3) is 0.360. The van der Waals surface area contributed by atoms with Gasteiger partial charge in [-0.05, 0) is 45.0 Å². The van der Waals surface area contributed by atoms with Crippen LogP contribution in [-0.2, 0) is 4.74 Å². The highest BCUT2D eigenvalue weighted by Crippen LogP contribution is 2.21. The van der Waals surface area contributed by atoms with Crippen molar-refractivity contribution in [3.63, 3.8) is 0 Å². The fourth-order valence-corrected chi connectivity index (χ4v) is 3.60. The predicted molar refractivity (Wildman–Crippen MR) is 129 cm³/mol. The molecule has 3 aromatic rings. The summed E-state index contributed by atoms with van der Waals surface area (Å²) in [5, 5.41) is 3.03. The summed E-state index contributed by atoms with van der Waals surface area (Å²) in [6.07, 6.45) is 4.15. The SMILES string of the molecule is CC(C)(C)OC(=O)N1CCN(C(=O)c2coc(Nc3ccccc3)n2)C(COc2cccnc2)C1. The number of rotatable bonds is 6. The predicted octanol–water partition coefficient (Wildman–Crippen LogP) is 3.95. The summed E-state index contributed by atoms with van der Waals surface area (Å²) in [7, 11) is 0. The molecule has 2 amide bonds. The number of ether oxygens (including phenoxy) is 2. The Bertz CT molecular complexity index is 1130. The van der Waals surface area contributed by atoms with E-state index in [4.69, 9.17) is 13.9 Å². The molecule has 0 saturated carbocycles. The zero-order valence-corrected chi connectivity index (χ0v) is 20.0. The van der Waals surface area contributed by atoms with Crippen molar-refractivity contribution >= 4 is 23.7 Å². The zero-order chi connectivity index (χ0) is 24.8. The van der Waals surface area contributed by atoms with Crippen molar-refractivity contribution in [1.82, 2.24) is 19.8 Å². The van der Waals surface area contributed by atoms with Crippen LogP contribution < -0.4 is 10.1 Å². The highest BCUT2D eigenvalue weighted by atomic mass is 16.6. The molecule has 1 aliphatic rings. The maximum absolute atomic E-state index is 13.4. The maximum Gasteiger partial charge on any atom is 0.410 e. The van der Waals surface area contributed by atoms with Gasteiger partial charge in [0, 0.05) is 31.5 Å². The standard InChI is InChI=1S/C25H29N5O5/c1-25(2,3)35-24(32)29-12-13-30(19(15-29)16-33-20-10-7-11-26-14-20)22(31)21-17-34-23(28-21)27-18-8-5-4-6-9-18/h4-11,14,17,19H,12-13,15-16H2,1-3H3,(H,27,28). The van der Waals surface area contributed by atoms with Crippen molar-refractivity contribution in [3.05, 3.63) is 66.8 Å². The summed E-state index contributed by atoms with van der Waals surface area (Å²) in [4.78, 5) is 37.6. The van der Waals surface area contributed by atoms with E-state index in [-0.39, 0.29) is 30.8 Å². The van der Waals surface area contributed by atoms with Crippen molar-refractivity contribution in [2.24, 2.45) is 0 Å². The third-order valence-electron chi connectivity index (χ3n) is 5.22. The van der Waals surface area contributed by atoms with Crippen molar-refractivity contribution in [3.8, 4) is 5.75 Å². The first-order chi connectivity index (χ1) is 16.8. The summed E-state index contributed by atoms with van der Waals surface area (Å²) >= 11 is 0. The van der Waals surface area contributed by atoms with Crippen LogP contribution in [0.25, 0.3) is 0 Å². The fourth-order valence-electron chi connectivity index (χ4n) is 3.60. The topological polar surface area (TPSA) is 110 Å². The second-order valence-electron chi connectivity index (χ2n) is 9.11. The van der Waals surface area contributed by atoms with E-state index in [1.54, 1.807) is 34.3 Å². The van der Waals surface area contributed by atoms with Crippen LogP contribution in [0.1, 0.15) is 31.3 Å². The monoisotopic (exact) mass is 479 g/mol. The van der Waals surface area contributed by atoms with Gasteiger partial charge < -0.3 is 29.0 Å². The molecule has 2 aromatic heterocycles. The molecule has 1 fully saturated rings. The highest BCUT2D eigenvalue weighted by molar-refractivity contribution is 5.92. The molecule has 0 radical (unpaired) electrons. The van der Waals surface area contributed by atoms with Crippen molar-refractivity contribution in [2.45, 2.75) is 32.4 Å². The Morgan fingerprint density at radius 3 is 2.66 bits per heavy atom. The molecule has 35 heavy (non-hydrogen) atoms. The molecule has 1 aromatic carbocycles. The Morgan fingerprint density at radius 2 is 1.94 bits per heavy atom. The van der Waals surface area contributed by atoms with Gasteiger partial charge in [-0.25, -0.2) is 4.79 Å². The summed E-state index contributed by atoms with van der Waals surface area (Å²) in [5.74, 6) is 0.267. The lowest BCUT2D eigenvalue weighted by Gasteiger charge is -2.41. The van der Waals surface area contributed by atoms with Crippen LogP contribution >= 0.6 is 0 Å². The number of hydrogen-bond donors (Lipinski definition) is 1. The molecule has 0 bridgehead atoms. The summed E-state index contributed by atoms with van der Waals surface area (Å²) in [6.45, 7) is 6.51. The first-order valence-electron chi connectivity index (χ1n) is 11.4. The van der Waals surface area contributed by atoms with Gasteiger partial charge in [0.2, 0.25) is 0 Å². The number of hydrogen-bond acceptors (Lipinski definition) is 8. The zero-order valence-electron chi connectivity index (χ0n) is 20.0. The molecule has 10 nitrogen and oxygen atoms in total. The molecule has 1 N–H and O–H groups in total. The third-order valence-corrected chi connectivity index (χ3v) is 5.22. The van der Waals surface area contributed by atoms with E-state index in [0.717, 1.165) is 5.69 Å². The molecule has 1 saturated heterocycles. The van der Waals surface area contributed by atoms with Crippen LogP contribution in [0.2, 0.25) is 0 Å². The smallest absolute Gasteiger partial charge is 0.410 e. The van der Waals surface area contributed by atoms with Gasteiger partial charge in [0.05, 0.1) is 12.2 Å². The molecule has 1 atom stereocenters. The second kappa shape index (κ2) is 10.5. The van der Waals surface area contributed by atoms with E-state index in [2.05, 4.69) is 15.3 Å². The molecule has 184 valence electrons. The van der Waals surface area contributed by atoms with E-state index < -0.39 is 17.7 Å². The van der Waals surface area contributed by atoms with Gasteiger partial charge in [0.25, 0.3) is 11.9 Å². The number of oxazole rings is 1. The number of nitrogens with zero attached hydrogens (tertiary/aromatic N) is 4. The number of carbonyl (C=O) groups is 2. The van der Waals surface area contributed by atoms with Gasteiger partial charge in [0.1, 0.15) is 24.2 Å². The molecular formula is C25H29N5O5. The van der Waals surface area contributed by atoms with E-state index in [1.165, 1.54) is 6.26 Å². The normalized spacial score (nSPS) is 16.0. The quantitative estimate of drug-likeness (QED) is 0.566. The Hall–Kier alpha value is -4.08. The minimum absolute atomic E-state index is 0.167. The molecule has 0 aliphatic carbocycles. The summed E-state index contributed by atoms with van der Waals surface area (Å²) in [5.41, 5.74) is 0.344. The lowest BCUT2D eigenvalue weighted by atomic mass is 10.1. The number of nitrogens with one attached hydrogen (secondary N) is 1. The van der Waals surface area contributed by atoms with E-state index >= 15 is 0 Å². The first kappa shape index (κ1) is 24.1. The van der Waals surface area contributed by atoms with E-state index in [9.17, 15) is 9.59 Å². The molecule has 10 heteroatoms. The van der Waals surface area contributed by atoms with E-state index in [1.807, 2.05) is 51.1 Å². The highest BCUT2D eigenvalue weighted by Gasteiger charge is 2.36. The lowest BCUT2D eigenvalue weighted by molar-refractivity contribution is -0.00109. The first-order valence-corrected chi connectivity index (χ1v) is 11.4. The van der Waals surface area contributed by atoms with Crippen LogP contribution in [0.3, 0.4) is 0 Å². The number of aromatic nitrogens is 2. The summed E-state index contributed by atoms with van der Waals surface area (Å²) < 4.78 is 16.9. The second-order valence-corrected chi connectivity index (χ2v) is 9.11. The Kier molecular flexibility index (Phi) is 7.19. The average molecular weight is 480 g/mol. The van der Waals surface area contributed by atoms with Gasteiger partial charge in [-0.2, -0.15) is 4.98 Å². The van der Waals surface area contributed by atoms with Crippen molar-refractivity contribution < 1.29 is 23.5 Å². The Morgan fingerprint density at radius 1 is 1.14 bits per heavy atom. The molecule has 0 spiro atoms. The largest absolute Gasteiger partial charge is 0.490 e. The number of para-hydroxylation sites is 1. The van der Waals surface area contributed by atoms with Gasteiger partial charge in [0.15, 0.2) is 5.69 Å². The number of amides is 2. The van der Waals surface area contributed by atoms with Gasteiger partial charge in [-0.1, -0.05) is 18.2 Å². The number of pyridine rings is 1. The van der Waals surface area contributed by atoms with Crippen molar-refractivity contribution in [2.75, 3.05) is 31.6 Å². The minimum atomic E-state index is -0.616. The van der Waals surface area contributed by atoms with Crippen LogP contribution in [0, 0.1) is 0 Å². The number of carbonyl (C=O) groups excluding carboxylic acids is 2. The lowest BCUT2D eigenvalue weighted by Crippen LogP contribution is -2.59. The molecular weight excluding hydrogens is 450 g/mol. The van der Waals surface area contributed by atoms with Crippen LogP contribution in [-0.4, -0.2) is 69.7 Å². The summed E-state index contributed by atoms with van der Waals surface area (Å²) in [6, 6.07) is 12.8. The van der Waals surface area contributed by atoms with Gasteiger partial charge >= 0.3 is 6.09 Å². The van der Waals surface area contributed by atoms with E-state index in [0.29, 0.717) is 18.8 Å². The van der Waals surface area contributed by atoms with Gasteiger partial charge in [-0.3, -0.25) is 9.78 Å². The number of piperazine rings is 1. The Balaban J connectivity index is 1.48. The molecule has 3 heterocycles. The van der Waals surface area contributed by atoms with Crippen LogP contribution in [0.4, 0.5) is 16.5 Å². The molecule has 4 rings (SSSR count). The average Bonchev–Trinajstić information content (AvgIpc) is 3.31. The van der Waals surface area contributed by atoms with Crippen molar-refractivity contribution in [1.29, 1.82) is 0 Å². The molecule has 1 unspecified atom stereocenters. The Labute approximate surface area is 203 Å².